The van der Waals surface area contributed by atoms with E-state index in [1.54, 1.807) is 29.4 Å². The maximum absolute atomic E-state index is 13.8. The van der Waals surface area contributed by atoms with Gasteiger partial charge in [-0.05, 0) is 74.5 Å². The van der Waals surface area contributed by atoms with Crippen LogP contribution in [0.1, 0.15) is 47.6 Å². The second-order valence-electron chi connectivity index (χ2n) is 9.69. The SMILES string of the molecule is COc1ccccc1OC[C@@H]1c2ccsc2CCN1C(=O)CN(C(=O)c1cccc(F)c1)C(C)(C)C. The molecule has 0 aliphatic carbocycles. The second kappa shape index (κ2) is 10.7. The summed E-state index contributed by atoms with van der Waals surface area (Å²) in [6.07, 6.45) is 0.747. The van der Waals surface area contributed by atoms with Gasteiger partial charge in [0.05, 0.1) is 13.2 Å². The molecule has 2 amide bonds. The predicted octanol–water partition coefficient (Wildman–Crippen LogP) is 5.34. The van der Waals surface area contributed by atoms with Crippen LogP contribution in [-0.2, 0) is 11.2 Å². The molecule has 0 N–H and O–H groups in total. The van der Waals surface area contributed by atoms with Gasteiger partial charge in [0.15, 0.2) is 11.5 Å². The van der Waals surface area contributed by atoms with Crippen LogP contribution in [0.4, 0.5) is 4.39 Å². The number of methoxy groups -OCH3 is 1. The van der Waals surface area contributed by atoms with Gasteiger partial charge >= 0.3 is 0 Å². The van der Waals surface area contributed by atoms with Crippen molar-refractivity contribution in [3.63, 3.8) is 0 Å². The van der Waals surface area contributed by atoms with E-state index in [4.69, 9.17) is 9.47 Å². The number of carbonyl (C=O) groups is 2. The third-order valence-electron chi connectivity index (χ3n) is 6.30. The smallest absolute Gasteiger partial charge is 0.254 e. The summed E-state index contributed by atoms with van der Waals surface area (Å²) >= 11 is 1.68. The second-order valence-corrected chi connectivity index (χ2v) is 10.7. The van der Waals surface area contributed by atoms with Gasteiger partial charge in [-0.15, -0.1) is 11.3 Å². The summed E-state index contributed by atoms with van der Waals surface area (Å²) < 4.78 is 25.4. The van der Waals surface area contributed by atoms with E-state index in [9.17, 15) is 14.0 Å². The highest BCUT2D eigenvalue weighted by atomic mass is 32.1. The highest BCUT2D eigenvalue weighted by Crippen LogP contribution is 2.35. The van der Waals surface area contributed by atoms with Crippen LogP contribution in [0.3, 0.4) is 0 Å². The lowest BCUT2D eigenvalue weighted by atomic mass is 9.99. The van der Waals surface area contributed by atoms with Gasteiger partial charge in [0.2, 0.25) is 5.91 Å². The van der Waals surface area contributed by atoms with Crippen LogP contribution in [-0.4, -0.2) is 54.0 Å². The van der Waals surface area contributed by atoms with Gasteiger partial charge < -0.3 is 19.3 Å². The average molecular weight is 511 g/mol. The van der Waals surface area contributed by atoms with E-state index in [2.05, 4.69) is 0 Å². The summed E-state index contributed by atoms with van der Waals surface area (Å²) in [6, 6.07) is 14.7. The number of fused-ring (bicyclic) bond motifs is 1. The van der Waals surface area contributed by atoms with E-state index in [0.717, 1.165) is 12.0 Å². The van der Waals surface area contributed by atoms with E-state index in [1.807, 2.05) is 56.5 Å². The minimum Gasteiger partial charge on any atom is -0.493 e. The van der Waals surface area contributed by atoms with Crippen molar-refractivity contribution in [2.75, 3.05) is 26.8 Å². The molecule has 2 heterocycles. The quantitative estimate of drug-likeness (QED) is 0.431. The Kier molecular flexibility index (Phi) is 7.64. The highest BCUT2D eigenvalue weighted by molar-refractivity contribution is 7.10. The van der Waals surface area contributed by atoms with Gasteiger partial charge in [0.25, 0.3) is 5.91 Å². The number of hydrogen-bond acceptors (Lipinski definition) is 5. The Morgan fingerprint density at radius 1 is 1.11 bits per heavy atom. The van der Waals surface area contributed by atoms with Crippen molar-refractivity contribution in [1.82, 2.24) is 9.80 Å². The van der Waals surface area contributed by atoms with Crippen molar-refractivity contribution in [2.24, 2.45) is 0 Å². The van der Waals surface area contributed by atoms with Gasteiger partial charge in [0.1, 0.15) is 19.0 Å². The van der Waals surface area contributed by atoms with E-state index in [0.29, 0.717) is 18.0 Å². The first-order chi connectivity index (χ1) is 17.2. The first kappa shape index (κ1) is 25.7. The molecule has 1 aliphatic rings. The Morgan fingerprint density at radius 3 is 2.56 bits per heavy atom. The number of benzene rings is 2. The lowest BCUT2D eigenvalue weighted by molar-refractivity contribution is -0.136. The standard InChI is InChI=1S/C28H31FN2O4S/c1-28(2,3)31(27(33)19-8-7-9-20(29)16-19)17-26(32)30-14-12-25-21(13-15-36-25)22(30)18-35-24-11-6-5-10-23(24)34-4/h5-11,13,15-16,22H,12,14,17-18H2,1-4H3/t22-/m1/s1. The number of carbonyl (C=O) groups excluding carboxylic acids is 2. The summed E-state index contributed by atoms with van der Waals surface area (Å²) in [5, 5.41) is 2.03. The molecule has 36 heavy (non-hydrogen) atoms. The van der Waals surface area contributed by atoms with Gasteiger partial charge in [-0.3, -0.25) is 9.59 Å². The van der Waals surface area contributed by atoms with Crippen LogP contribution in [0, 0.1) is 5.82 Å². The fourth-order valence-corrected chi connectivity index (χ4v) is 5.33. The van der Waals surface area contributed by atoms with E-state index in [-0.39, 0.29) is 36.6 Å². The molecule has 2 aromatic carbocycles. The van der Waals surface area contributed by atoms with Gasteiger partial charge in [-0.2, -0.15) is 0 Å². The van der Waals surface area contributed by atoms with E-state index >= 15 is 0 Å². The zero-order chi connectivity index (χ0) is 25.9. The summed E-state index contributed by atoms with van der Waals surface area (Å²) in [6.45, 7) is 6.26. The number of halogens is 1. The first-order valence-electron chi connectivity index (χ1n) is 11.9. The number of hydrogen-bond donors (Lipinski definition) is 0. The minimum atomic E-state index is -0.647. The van der Waals surface area contributed by atoms with E-state index in [1.165, 1.54) is 28.0 Å². The molecule has 1 aromatic heterocycles. The van der Waals surface area contributed by atoms with Crippen LogP contribution in [0.5, 0.6) is 11.5 Å². The molecule has 6 nitrogen and oxygen atoms in total. The molecule has 3 aromatic rings. The number of para-hydroxylation sites is 2. The Morgan fingerprint density at radius 2 is 1.86 bits per heavy atom. The lowest BCUT2D eigenvalue weighted by Crippen LogP contribution is -2.53. The topological polar surface area (TPSA) is 59.1 Å². The van der Waals surface area contributed by atoms with Gasteiger partial charge in [0, 0.05) is 22.5 Å². The molecule has 0 saturated heterocycles. The van der Waals surface area contributed by atoms with Gasteiger partial charge in [-0.25, -0.2) is 4.39 Å². The molecule has 190 valence electrons. The molecule has 4 rings (SSSR count). The fraction of sp³-hybridized carbons (Fsp3) is 0.357. The highest BCUT2D eigenvalue weighted by Gasteiger charge is 2.36. The Bertz CT molecular complexity index is 1240. The zero-order valence-corrected chi connectivity index (χ0v) is 21.8. The maximum Gasteiger partial charge on any atom is 0.254 e. The molecule has 0 saturated carbocycles. The maximum atomic E-state index is 13.8. The van der Waals surface area contributed by atoms with Crippen LogP contribution in [0.15, 0.2) is 60.0 Å². The minimum absolute atomic E-state index is 0.122. The molecule has 0 fully saturated rings. The van der Waals surface area contributed by atoms with Crippen molar-refractivity contribution in [1.29, 1.82) is 0 Å². The lowest BCUT2D eigenvalue weighted by Gasteiger charge is -2.40. The molecule has 1 aliphatic heterocycles. The number of rotatable bonds is 7. The molecule has 0 spiro atoms. The van der Waals surface area contributed by atoms with Crippen LogP contribution < -0.4 is 9.47 Å². The normalized spacial score (nSPS) is 15.2. The summed E-state index contributed by atoms with van der Waals surface area (Å²) in [5.74, 6) is 0.171. The average Bonchev–Trinajstić information content (AvgIpc) is 3.34. The van der Waals surface area contributed by atoms with Crippen molar-refractivity contribution < 1.29 is 23.5 Å². The molecule has 8 heteroatoms. The van der Waals surface area contributed by atoms with Crippen molar-refractivity contribution in [3.8, 4) is 11.5 Å². The molecular weight excluding hydrogens is 479 g/mol. The molecule has 0 unspecified atom stereocenters. The summed E-state index contributed by atoms with van der Waals surface area (Å²) in [5.41, 5.74) is 0.631. The molecule has 0 radical (unpaired) electrons. The van der Waals surface area contributed by atoms with Crippen molar-refractivity contribution in [2.45, 2.75) is 38.8 Å². The first-order valence-corrected chi connectivity index (χ1v) is 12.8. The zero-order valence-electron chi connectivity index (χ0n) is 21.0. The van der Waals surface area contributed by atoms with Crippen molar-refractivity contribution in [3.05, 3.63) is 81.8 Å². The summed E-state index contributed by atoms with van der Waals surface area (Å²) in [4.78, 5) is 31.6. The number of ether oxygens (including phenoxy) is 2. The number of thiophene rings is 1. The number of amides is 2. The molecular formula is C28H31FN2O4S. The van der Waals surface area contributed by atoms with Gasteiger partial charge in [-0.1, -0.05) is 18.2 Å². The van der Waals surface area contributed by atoms with Crippen LogP contribution in [0.25, 0.3) is 0 Å². The monoisotopic (exact) mass is 510 g/mol. The third kappa shape index (κ3) is 5.54. The van der Waals surface area contributed by atoms with Crippen LogP contribution in [0.2, 0.25) is 0 Å². The Hall–Kier alpha value is -3.39. The Labute approximate surface area is 215 Å². The van der Waals surface area contributed by atoms with Crippen LogP contribution >= 0.6 is 11.3 Å². The Balaban J connectivity index is 1.58. The molecule has 1 atom stereocenters. The number of nitrogens with zero attached hydrogens (tertiary/aromatic N) is 2. The van der Waals surface area contributed by atoms with E-state index < -0.39 is 11.4 Å². The summed E-state index contributed by atoms with van der Waals surface area (Å²) in [7, 11) is 1.59. The largest absolute Gasteiger partial charge is 0.493 e. The fourth-order valence-electron chi connectivity index (χ4n) is 4.40. The third-order valence-corrected chi connectivity index (χ3v) is 7.30. The predicted molar refractivity (Wildman–Crippen MR) is 138 cm³/mol. The van der Waals surface area contributed by atoms with Crippen molar-refractivity contribution >= 4 is 23.2 Å². The molecule has 0 bridgehead atoms.